The number of nitrogens with zero attached hydrogens (tertiary/aromatic N) is 2. The van der Waals surface area contributed by atoms with E-state index in [-0.39, 0.29) is 18.0 Å². The van der Waals surface area contributed by atoms with Crippen molar-refractivity contribution in [2.45, 2.75) is 6.61 Å². The average molecular weight is 447 g/mol. The highest BCUT2D eigenvalue weighted by atomic mass is 79.9. The number of anilines is 1. The second-order valence-corrected chi connectivity index (χ2v) is 6.38. The van der Waals surface area contributed by atoms with Crippen molar-refractivity contribution in [3.63, 3.8) is 0 Å². The Labute approximate surface area is 168 Å². The lowest BCUT2D eigenvalue weighted by atomic mass is 10.2. The molecule has 144 valence electrons. The molecular formula is C19H16BrFN4O3. The van der Waals surface area contributed by atoms with E-state index >= 15 is 0 Å². The van der Waals surface area contributed by atoms with Crippen LogP contribution in [0.5, 0.6) is 11.5 Å². The van der Waals surface area contributed by atoms with Crippen molar-refractivity contribution in [1.82, 2.24) is 10.2 Å². The number of hydrogen-bond acceptors (Lipinski definition) is 6. The summed E-state index contributed by atoms with van der Waals surface area (Å²) >= 11 is 3.16. The summed E-state index contributed by atoms with van der Waals surface area (Å²) in [5, 5.41) is 10.1. The van der Waals surface area contributed by atoms with Crippen LogP contribution in [0.3, 0.4) is 0 Å². The number of hydrazone groups is 1. The van der Waals surface area contributed by atoms with Gasteiger partial charge in [0.25, 0.3) is 5.56 Å². The molecule has 3 rings (SSSR count). The number of ether oxygens (including phenoxy) is 2. The molecule has 0 atom stereocenters. The first-order valence-electron chi connectivity index (χ1n) is 8.15. The van der Waals surface area contributed by atoms with E-state index in [1.165, 1.54) is 19.4 Å². The van der Waals surface area contributed by atoms with Gasteiger partial charge in [0.05, 0.1) is 25.2 Å². The van der Waals surface area contributed by atoms with Crippen LogP contribution >= 0.6 is 15.9 Å². The molecule has 28 heavy (non-hydrogen) atoms. The van der Waals surface area contributed by atoms with Gasteiger partial charge in [-0.05, 0) is 45.8 Å². The molecule has 0 bridgehead atoms. The summed E-state index contributed by atoms with van der Waals surface area (Å²) in [7, 11) is 1.52. The van der Waals surface area contributed by atoms with Gasteiger partial charge < -0.3 is 9.47 Å². The third kappa shape index (κ3) is 4.74. The molecule has 0 spiro atoms. The molecule has 0 aliphatic rings. The van der Waals surface area contributed by atoms with Gasteiger partial charge in [0.1, 0.15) is 16.9 Å². The summed E-state index contributed by atoms with van der Waals surface area (Å²) in [4.78, 5) is 11.5. The van der Waals surface area contributed by atoms with E-state index in [1.54, 1.807) is 42.6 Å². The Kier molecular flexibility index (Phi) is 6.38. The van der Waals surface area contributed by atoms with Gasteiger partial charge in [0, 0.05) is 5.56 Å². The van der Waals surface area contributed by atoms with Crippen LogP contribution in [0.15, 0.2) is 63.0 Å². The number of aromatic nitrogens is 2. The van der Waals surface area contributed by atoms with Gasteiger partial charge >= 0.3 is 0 Å². The quantitative estimate of drug-likeness (QED) is 0.426. The van der Waals surface area contributed by atoms with E-state index in [1.807, 2.05) is 0 Å². The molecule has 0 amide bonds. The number of H-pyrrole nitrogens is 1. The summed E-state index contributed by atoms with van der Waals surface area (Å²) in [5.41, 5.74) is 3.99. The highest BCUT2D eigenvalue weighted by Gasteiger charge is 2.08. The average Bonchev–Trinajstić information content (AvgIpc) is 2.71. The second-order valence-electron chi connectivity index (χ2n) is 5.59. The fourth-order valence-electron chi connectivity index (χ4n) is 2.29. The molecule has 0 saturated carbocycles. The molecule has 0 saturated heterocycles. The van der Waals surface area contributed by atoms with Crippen molar-refractivity contribution in [2.75, 3.05) is 12.5 Å². The van der Waals surface area contributed by atoms with Crippen LogP contribution in [0.25, 0.3) is 0 Å². The predicted octanol–water partition coefficient (Wildman–Crippen LogP) is 3.71. The van der Waals surface area contributed by atoms with Crippen molar-refractivity contribution in [3.8, 4) is 11.5 Å². The Morgan fingerprint density at radius 1 is 1.29 bits per heavy atom. The smallest absolute Gasteiger partial charge is 0.280 e. The summed E-state index contributed by atoms with van der Waals surface area (Å²) in [6, 6.07) is 11.6. The third-order valence-electron chi connectivity index (χ3n) is 3.72. The minimum absolute atomic E-state index is 0.0849. The highest BCUT2D eigenvalue weighted by Crippen LogP contribution is 2.28. The SMILES string of the molecule is COc1cc(/C=N/Nc2cn[nH]c(=O)c2Br)ccc1OCc1ccccc1F. The maximum Gasteiger partial charge on any atom is 0.280 e. The zero-order chi connectivity index (χ0) is 19.9. The lowest BCUT2D eigenvalue weighted by molar-refractivity contribution is 0.279. The van der Waals surface area contributed by atoms with Crippen LogP contribution in [0.2, 0.25) is 0 Å². The zero-order valence-corrected chi connectivity index (χ0v) is 16.4. The fraction of sp³-hybridized carbons (Fsp3) is 0.105. The summed E-state index contributed by atoms with van der Waals surface area (Å²) < 4.78 is 25.0. The first-order valence-corrected chi connectivity index (χ1v) is 8.94. The van der Waals surface area contributed by atoms with E-state index in [0.717, 1.165) is 5.56 Å². The normalized spacial score (nSPS) is 10.8. The Balaban J connectivity index is 1.69. The molecule has 7 nitrogen and oxygen atoms in total. The Bertz CT molecular complexity index is 1060. The number of rotatable bonds is 7. The maximum absolute atomic E-state index is 13.7. The van der Waals surface area contributed by atoms with Crippen LogP contribution < -0.4 is 20.5 Å². The van der Waals surface area contributed by atoms with Crippen molar-refractivity contribution in [1.29, 1.82) is 0 Å². The number of methoxy groups -OCH3 is 1. The molecule has 0 aliphatic carbocycles. The molecule has 3 aromatic rings. The van der Waals surface area contributed by atoms with E-state index in [4.69, 9.17) is 9.47 Å². The van der Waals surface area contributed by atoms with E-state index in [9.17, 15) is 9.18 Å². The van der Waals surface area contributed by atoms with Crippen LogP contribution in [-0.4, -0.2) is 23.5 Å². The van der Waals surface area contributed by atoms with Gasteiger partial charge in [-0.25, -0.2) is 9.49 Å². The number of benzene rings is 2. The van der Waals surface area contributed by atoms with Gasteiger partial charge in [-0.1, -0.05) is 18.2 Å². The molecule has 0 radical (unpaired) electrons. The fourth-order valence-corrected chi connectivity index (χ4v) is 2.57. The minimum Gasteiger partial charge on any atom is -0.493 e. The van der Waals surface area contributed by atoms with Crippen LogP contribution in [-0.2, 0) is 6.61 Å². The Morgan fingerprint density at radius 3 is 2.89 bits per heavy atom. The van der Waals surface area contributed by atoms with Crippen molar-refractivity contribution >= 4 is 27.8 Å². The van der Waals surface area contributed by atoms with Gasteiger partial charge in [0.15, 0.2) is 11.5 Å². The summed E-state index contributed by atoms with van der Waals surface area (Å²) in [5.74, 6) is 0.647. The van der Waals surface area contributed by atoms with Gasteiger partial charge in [-0.15, -0.1) is 0 Å². The zero-order valence-electron chi connectivity index (χ0n) is 14.8. The van der Waals surface area contributed by atoms with Gasteiger partial charge in [0.2, 0.25) is 0 Å². The molecule has 2 aromatic carbocycles. The number of aromatic amines is 1. The lowest BCUT2D eigenvalue weighted by Crippen LogP contribution is -2.10. The van der Waals surface area contributed by atoms with Crippen LogP contribution in [0.4, 0.5) is 10.1 Å². The minimum atomic E-state index is -0.363. The summed E-state index contributed by atoms with van der Waals surface area (Å²) in [6.45, 7) is 0.0849. The molecule has 0 aliphatic heterocycles. The first-order chi connectivity index (χ1) is 13.6. The standard InChI is InChI=1S/C19H16BrFN4O3/c1-27-17-8-12(9-22-24-15-10-23-25-19(26)18(15)20)6-7-16(17)28-11-13-4-2-3-5-14(13)21/h2-10H,11H2,1H3,(H2,24,25,26)/b22-9+. The van der Waals surface area contributed by atoms with E-state index in [2.05, 4.69) is 36.7 Å². The molecular weight excluding hydrogens is 431 g/mol. The van der Waals surface area contributed by atoms with E-state index < -0.39 is 0 Å². The largest absolute Gasteiger partial charge is 0.493 e. The Morgan fingerprint density at radius 2 is 2.11 bits per heavy atom. The van der Waals surface area contributed by atoms with Crippen molar-refractivity contribution < 1.29 is 13.9 Å². The van der Waals surface area contributed by atoms with E-state index in [0.29, 0.717) is 27.2 Å². The highest BCUT2D eigenvalue weighted by molar-refractivity contribution is 9.10. The number of nitrogens with one attached hydrogen (secondary N) is 2. The van der Waals surface area contributed by atoms with Crippen molar-refractivity contribution in [3.05, 3.63) is 80.4 Å². The molecule has 9 heteroatoms. The molecule has 0 fully saturated rings. The topological polar surface area (TPSA) is 88.6 Å². The predicted molar refractivity (Wildman–Crippen MR) is 108 cm³/mol. The molecule has 2 N–H and O–H groups in total. The Hall–Kier alpha value is -3.20. The lowest BCUT2D eigenvalue weighted by Gasteiger charge is -2.11. The second kappa shape index (κ2) is 9.14. The van der Waals surface area contributed by atoms with Crippen LogP contribution in [0.1, 0.15) is 11.1 Å². The maximum atomic E-state index is 13.7. The number of hydrogen-bond donors (Lipinski definition) is 2. The first kappa shape index (κ1) is 19.6. The molecule has 1 aromatic heterocycles. The molecule has 0 unspecified atom stereocenters. The van der Waals surface area contributed by atoms with Crippen molar-refractivity contribution in [2.24, 2.45) is 5.10 Å². The molecule has 1 heterocycles. The van der Waals surface area contributed by atoms with Crippen LogP contribution in [0, 0.1) is 5.82 Å². The van der Waals surface area contributed by atoms with Gasteiger partial charge in [-0.2, -0.15) is 10.2 Å². The number of halogens is 2. The monoisotopic (exact) mass is 446 g/mol. The van der Waals surface area contributed by atoms with Gasteiger partial charge in [-0.3, -0.25) is 10.2 Å². The summed E-state index contributed by atoms with van der Waals surface area (Å²) in [6.07, 6.45) is 2.99. The third-order valence-corrected chi connectivity index (χ3v) is 4.51.